The van der Waals surface area contributed by atoms with Crippen LogP contribution in [0.2, 0.25) is 0 Å². The van der Waals surface area contributed by atoms with Crippen LogP contribution in [-0.4, -0.2) is 54.7 Å². The Morgan fingerprint density at radius 2 is 1.83 bits per heavy atom. The summed E-state index contributed by atoms with van der Waals surface area (Å²) in [5, 5.41) is 9.04. The lowest BCUT2D eigenvalue weighted by molar-refractivity contribution is -0.137. The smallest absolute Gasteiger partial charge is 0.304 e. The van der Waals surface area contributed by atoms with Crippen molar-refractivity contribution in [1.29, 1.82) is 0 Å². The number of fused-ring (bicyclic) bond motifs is 1. The molecule has 0 bridgehead atoms. The van der Waals surface area contributed by atoms with Crippen molar-refractivity contribution in [1.82, 2.24) is 4.90 Å². The minimum absolute atomic E-state index is 0.00964. The molecule has 7 nitrogen and oxygen atoms in total. The molecule has 0 saturated carbocycles. The number of thiophene rings is 1. The molecule has 1 atom stereocenters. The second-order valence-electron chi connectivity index (χ2n) is 8.62. The summed E-state index contributed by atoms with van der Waals surface area (Å²) in [5.74, 6) is 0.0717. The first-order valence-electron chi connectivity index (χ1n) is 11.5. The summed E-state index contributed by atoms with van der Waals surface area (Å²) in [7, 11) is 0. The van der Waals surface area contributed by atoms with Crippen molar-refractivity contribution < 1.29 is 28.6 Å². The Labute approximate surface area is 206 Å². The molecule has 1 N–H and O–H groups in total. The lowest BCUT2D eigenvalue weighted by atomic mass is 9.98. The van der Waals surface area contributed by atoms with Crippen LogP contribution < -0.4 is 14.4 Å². The van der Waals surface area contributed by atoms with E-state index in [0.29, 0.717) is 55.8 Å². The van der Waals surface area contributed by atoms with Crippen molar-refractivity contribution in [3.8, 4) is 11.5 Å². The largest absolute Gasteiger partial charge is 0.492 e. The highest BCUT2D eigenvalue weighted by Crippen LogP contribution is 2.38. The summed E-state index contributed by atoms with van der Waals surface area (Å²) in [6.07, 6.45) is 0.0422. The molecule has 9 heteroatoms. The molecule has 2 aliphatic heterocycles. The lowest BCUT2D eigenvalue weighted by Crippen LogP contribution is -2.48. The number of nitrogens with zero attached hydrogens (tertiary/aromatic N) is 2. The highest BCUT2D eigenvalue weighted by Gasteiger charge is 2.27. The van der Waals surface area contributed by atoms with Crippen LogP contribution >= 0.6 is 11.3 Å². The first-order valence-corrected chi connectivity index (χ1v) is 12.3. The fraction of sp³-hybridized carbons (Fsp3) is 0.308. The number of carbonyl (C=O) groups is 2. The van der Waals surface area contributed by atoms with E-state index in [1.165, 1.54) is 23.5 Å². The number of hydrogen-bond donors (Lipinski definition) is 1. The Morgan fingerprint density at radius 3 is 2.57 bits per heavy atom. The van der Waals surface area contributed by atoms with Crippen molar-refractivity contribution in [2.75, 3.05) is 37.7 Å². The molecule has 5 rings (SSSR count). The van der Waals surface area contributed by atoms with E-state index < -0.39 is 5.97 Å². The minimum Gasteiger partial charge on any atom is -0.492 e. The van der Waals surface area contributed by atoms with Gasteiger partial charge in [-0.3, -0.25) is 9.59 Å². The molecule has 1 aromatic heterocycles. The molecule has 0 radical (unpaired) electrons. The van der Waals surface area contributed by atoms with Gasteiger partial charge in [-0.25, -0.2) is 4.39 Å². The van der Waals surface area contributed by atoms with Gasteiger partial charge >= 0.3 is 5.97 Å². The van der Waals surface area contributed by atoms with Crippen LogP contribution in [0.4, 0.5) is 10.1 Å². The zero-order valence-electron chi connectivity index (χ0n) is 19.0. The molecule has 2 aromatic carbocycles. The summed E-state index contributed by atoms with van der Waals surface area (Å²) < 4.78 is 24.7. The van der Waals surface area contributed by atoms with E-state index in [2.05, 4.69) is 4.90 Å². The third kappa shape index (κ3) is 5.24. The van der Waals surface area contributed by atoms with Gasteiger partial charge in [0, 0.05) is 54.3 Å². The van der Waals surface area contributed by atoms with Gasteiger partial charge in [0.1, 0.15) is 23.9 Å². The first-order chi connectivity index (χ1) is 17.0. The van der Waals surface area contributed by atoms with E-state index >= 15 is 0 Å². The van der Waals surface area contributed by atoms with Crippen LogP contribution in [-0.2, 0) is 11.4 Å². The number of anilines is 1. The van der Waals surface area contributed by atoms with Crippen molar-refractivity contribution in [2.24, 2.45) is 0 Å². The van der Waals surface area contributed by atoms with Gasteiger partial charge in [0.25, 0.3) is 5.91 Å². The number of rotatable bonds is 7. The van der Waals surface area contributed by atoms with Crippen LogP contribution in [0.25, 0.3) is 0 Å². The van der Waals surface area contributed by atoms with Gasteiger partial charge in [-0.2, -0.15) is 0 Å². The summed E-state index contributed by atoms with van der Waals surface area (Å²) >= 11 is 1.42. The molecule has 0 aliphatic carbocycles. The van der Waals surface area contributed by atoms with Crippen LogP contribution in [0, 0.1) is 5.82 Å². The Kier molecular flexibility index (Phi) is 6.59. The van der Waals surface area contributed by atoms with E-state index in [9.17, 15) is 14.0 Å². The first kappa shape index (κ1) is 23.2. The third-order valence-corrected chi connectivity index (χ3v) is 7.34. The van der Waals surface area contributed by atoms with Crippen LogP contribution in [0.5, 0.6) is 11.5 Å². The van der Waals surface area contributed by atoms with E-state index in [1.54, 1.807) is 18.2 Å². The van der Waals surface area contributed by atoms with E-state index in [4.69, 9.17) is 14.6 Å². The van der Waals surface area contributed by atoms with Crippen LogP contribution in [0.1, 0.15) is 32.5 Å². The molecule has 0 spiro atoms. The maximum Gasteiger partial charge on any atom is 0.304 e. The summed E-state index contributed by atoms with van der Waals surface area (Å²) in [6, 6.07) is 15.6. The number of aliphatic carboxylic acids is 1. The summed E-state index contributed by atoms with van der Waals surface area (Å²) in [5.41, 5.74) is 1.85. The molecular weight excluding hydrogens is 471 g/mol. The number of hydrogen-bond acceptors (Lipinski definition) is 6. The predicted octanol–water partition coefficient (Wildman–Crippen LogP) is 4.38. The maximum atomic E-state index is 13.2. The summed E-state index contributed by atoms with van der Waals surface area (Å²) in [6.45, 7) is 3.31. The van der Waals surface area contributed by atoms with E-state index in [0.717, 1.165) is 16.1 Å². The Balaban J connectivity index is 1.14. The third-order valence-electron chi connectivity index (χ3n) is 6.30. The van der Waals surface area contributed by atoms with Crippen molar-refractivity contribution in [3.05, 3.63) is 75.7 Å². The molecule has 1 fully saturated rings. The number of ether oxygens (including phenoxy) is 2. The number of halogens is 1. The molecule has 35 heavy (non-hydrogen) atoms. The van der Waals surface area contributed by atoms with E-state index in [1.807, 2.05) is 29.2 Å². The topological polar surface area (TPSA) is 79.3 Å². The molecule has 3 aromatic rings. The number of carbonyl (C=O) groups excluding carboxylic acids is 1. The average molecular weight is 497 g/mol. The SMILES string of the molecule is O=C(O)CC1COc2cc(OCc3ccc(C(=O)N4CCN(c5ccc(F)cc5)CC4)s3)ccc21. The minimum atomic E-state index is -0.843. The van der Waals surface area contributed by atoms with Gasteiger partial charge < -0.3 is 24.4 Å². The van der Waals surface area contributed by atoms with Crippen molar-refractivity contribution >= 4 is 28.9 Å². The predicted molar refractivity (Wildman–Crippen MR) is 130 cm³/mol. The van der Waals surface area contributed by atoms with Gasteiger partial charge in [-0.05, 0) is 42.5 Å². The lowest BCUT2D eigenvalue weighted by Gasteiger charge is -2.36. The number of benzene rings is 2. The number of carboxylic acid groups (broad SMARTS) is 1. The molecule has 1 amide bonds. The molecule has 2 aliphatic rings. The summed E-state index contributed by atoms with van der Waals surface area (Å²) in [4.78, 5) is 29.6. The Bertz CT molecular complexity index is 1220. The molecular formula is C26H25FN2O5S. The number of amides is 1. The Morgan fingerprint density at radius 1 is 1.06 bits per heavy atom. The highest BCUT2D eigenvalue weighted by atomic mass is 32.1. The van der Waals surface area contributed by atoms with Crippen molar-refractivity contribution in [2.45, 2.75) is 18.9 Å². The van der Waals surface area contributed by atoms with Gasteiger partial charge in [0.15, 0.2) is 0 Å². The quantitative estimate of drug-likeness (QED) is 0.523. The van der Waals surface area contributed by atoms with Gasteiger partial charge in [0.2, 0.25) is 0 Å². The maximum absolute atomic E-state index is 13.2. The number of carboxylic acids is 1. The molecule has 1 saturated heterocycles. The van der Waals surface area contributed by atoms with Gasteiger partial charge in [-0.1, -0.05) is 6.07 Å². The molecule has 3 heterocycles. The normalized spacial score (nSPS) is 17.1. The van der Waals surface area contributed by atoms with Crippen LogP contribution in [0.3, 0.4) is 0 Å². The monoisotopic (exact) mass is 496 g/mol. The molecule has 1 unspecified atom stereocenters. The zero-order valence-corrected chi connectivity index (χ0v) is 19.8. The van der Waals surface area contributed by atoms with E-state index in [-0.39, 0.29) is 24.1 Å². The second kappa shape index (κ2) is 9.95. The second-order valence-corrected chi connectivity index (χ2v) is 9.78. The fourth-order valence-electron chi connectivity index (χ4n) is 4.43. The average Bonchev–Trinajstić information content (AvgIpc) is 3.50. The fourth-order valence-corrected chi connectivity index (χ4v) is 5.32. The number of piperazine rings is 1. The van der Waals surface area contributed by atoms with Gasteiger partial charge in [-0.15, -0.1) is 11.3 Å². The van der Waals surface area contributed by atoms with Crippen molar-refractivity contribution in [3.63, 3.8) is 0 Å². The zero-order chi connectivity index (χ0) is 24.4. The highest BCUT2D eigenvalue weighted by molar-refractivity contribution is 7.14. The standard InChI is InChI=1S/C26H25FN2O5S/c27-18-1-3-19(4-2-18)28-9-11-29(12-10-28)26(32)24-8-6-21(35-24)16-33-20-5-7-22-17(13-25(30)31)15-34-23(22)14-20/h1-8,14,17H,9-13,15-16H2,(H,30,31). The molecule has 182 valence electrons. The van der Waals surface area contributed by atoms with Crippen LogP contribution in [0.15, 0.2) is 54.6 Å². The van der Waals surface area contributed by atoms with Gasteiger partial charge in [0.05, 0.1) is 17.9 Å². The Hall–Kier alpha value is -3.59.